The van der Waals surface area contributed by atoms with Gasteiger partial charge in [0.1, 0.15) is 0 Å². The third-order valence-corrected chi connectivity index (χ3v) is 7.82. The van der Waals surface area contributed by atoms with Gasteiger partial charge in [0.25, 0.3) is 5.91 Å². The highest BCUT2D eigenvalue weighted by atomic mass is 16.1. The van der Waals surface area contributed by atoms with Crippen molar-refractivity contribution >= 4 is 11.7 Å². The first-order chi connectivity index (χ1) is 16.6. The first kappa shape index (κ1) is 22.6. The lowest BCUT2D eigenvalue weighted by molar-refractivity contribution is 0.0919. The Hall–Kier alpha value is -3.20. The molecule has 0 heterocycles. The largest absolute Gasteiger partial charge is 0.349 e. The van der Waals surface area contributed by atoms with Crippen molar-refractivity contribution < 1.29 is 9.59 Å². The van der Waals surface area contributed by atoms with Crippen LogP contribution in [0.4, 0.5) is 0 Å². The fourth-order valence-electron chi connectivity index (χ4n) is 5.87. The Morgan fingerprint density at radius 1 is 0.735 bits per heavy atom. The Balaban J connectivity index is 1.34. The SMILES string of the molecule is C[C@@H](NC(=O)c1cccc(C(=O)C2[C@H](c3ccccc3)[C@H]2c2ccccc2)c1)C1CCCCC1. The number of benzene rings is 3. The van der Waals surface area contributed by atoms with E-state index < -0.39 is 0 Å². The monoisotopic (exact) mass is 451 g/mol. The summed E-state index contributed by atoms with van der Waals surface area (Å²) in [6, 6.07) is 28.1. The van der Waals surface area contributed by atoms with E-state index >= 15 is 0 Å². The van der Waals surface area contributed by atoms with Gasteiger partial charge in [-0.3, -0.25) is 9.59 Å². The first-order valence-electron chi connectivity index (χ1n) is 12.7. The quantitative estimate of drug-likeness (QED) is 0.403. The van der Waals surface area contributed by atoms with Crippen molar-refractivity contribution in [1.82, 2.24) is 5.32 Å². The van der Waals surface area contributed by atoms with Crippen molar-refractivity contribution in [3.05, 3.63) is 107 Å². The van der Waals surface area contributed by atoms with Gasteiger partial charge in [-0.05, 0) is 48.9 Å². The van der Waals surface area contributed by atoms with Crippen molar-refractivity contribution in [2.75, 3.05) is 0 Å². The molecule has 0 aromatic heterocycles. The third-order valence-electron chi connectivity index (χ3n) is 7.82. The highest BCUT2D eigenvalue weighted by molar-refractivity contribution is 6.04. The molecule has 3 heteroatoms. The number of nitrogens with one attached hydrogen (secondary N) is 1. The Bertz CT molecular complexity index is 1090. The van der Waals surface area contributed by atoms with E-state index in [9.17, 15) is 9.59 Å². The van der Waals surface area contributed by atoms with E-state index in [0.717, 1.165) is 0 Å². The van der Waals surface area contributed by atoms with Gasteiger partial charge < -0.3 is 5.32 Å². The van der Waals surface area contributed by atoms with Gasteiger partial charge >= 0.3 is 0 Å². The molecule has 3 aromatic rings. The maximum atomic E-state index is 13.7. The van der Waals surface area contributed by atoms with Gasteiger partial charge in [0.15, 0.2) is 5.78 Å². The van der Waals surface area contributed by atoms with E-state index in [0.29, 0.717) is 17.0 Å². The van der Waals surface area contributed by atoms with Crippen molar-refractivity contribution in [2.24, 2.45) is 11.8 Å². The zero-order valence-electron chi connectivity index (χ0n) is 19.8. The molecule has 3 aromatic carbocycles. The number of ketones is 1. The third kappa shape index (κ3) is 4.70. The summed E-state index contributed by atoms with van der Waals surface area (Å²) in [5.41, 5.74) is 3.60. The molecule has 2 aliphatic carbocycles. The zero-order valence-corrected chi connectivity index (χ0v) is 19.8. The van der Waals surface area contributed by atoms with Crippen LogP contribution in [-0.2, 0) is 0 Å². The lowest BCUT2D eigenvalue weighted by atomic mass is 9.84. The van der Waals surface area contributed by atoms with Gasteiger partial charge in [-0.1, -0.05) is 92.1 Å². The molecule has 0 unspecified atom stereocenters. The minimum absolute atomic E-state index is 0.0808. The Morgan fingerprint density at radius 3 is 1.88 bits per heavy atom. The molecule has 2 aliphatic rings. The molecule has 34 heavy (non-hydrogen) atoms. The van der Waals surface area contributed by atoms with Crippen LogP contribution in [0.3, 0.4) is 0 Å². The first-order valence-corrected chi connectivity index (χ1v) is 12.7. The molecule has 3 nitrogen and oxygen atoms in total. The molecule has 2 fully saturated rings. The zero-order chi connectivity index (χ0) is 23.5. The van der Waals surface area contributed by atoms with Crippen LogP contribution in [0.5, 0.6) is 0 Å². The van der Waals surface area contributed by atoms with Gasteiger partial charge in [0.2, 0.25) is 0 Å². The average Bonchev–Trinajstić information content (AvgIpc) is 3.65. The summed E-state index contributed by atoms with van der Waals surface area (Å²) in [5.74, 6) is 0.816. The molecule has 0 saturated heterocycles. The number of rotatable bonds is 7. The second-order valence-electron chi connectivity index (χ2n) is 10.0. The lowest BCUT2D eigenvalue weighted by Crippen LogP contribution is -2.38. The van der Waals surface area contributed by atoms with Crippen LogP contribution in [0.25, 0.3) is 0 Å². The standard InChI is InChI=1S/C31H33NO2/c1-21(22-12-5-2-6-13-22)32-31(34)26-19-11-18-25(20-26)30(33)29-27(23-14-7-3-8-15-23)28(29)24-16-9-4-10-17-24/h3-4,7-11,14-22,27-29H,2,5-6,12-13H2,1H3,(H,32,34)/t21-,27-,28-/m1/s1. The summed E-state index contributed by atoms with van der Waals surface area (Å²) in [7, 11) is 0. The summed E-state index contributed by atoms with van der Waals surface area (Å²) < 4.78 is 0. The Morgan fingerprint density at radius 2 is 1.29 bits per heavy atom. The molecule has 5 rings (SSSR count). The minimum Gasteiger partial charge on any atom is -0.349 e. The van der Waals surface area contributed by atoms with Crippen molar-refractivity contribution in [2.45, 2.75) is 56.9 Å². The molecule has 1 amide bonds. The topological polar surface area (TPSA) is 46.2 Å². The predicted octanol–water partition coefficient (Wildman–Crippen LogP) is 6.77. The van der Waals surface area contributed by atoms with E-state index in [2.05, 4.69) is 36.5 Å². The van der Waals surface area contributed by atoms with E-state index in [1.54, 1.807) is 6.07 Å². The van der Waals surface area contributed by atoms with Crippen molar-refractivity contribution in [3.8, 4) is 0 Å². The molecule has 2 saturated carbocycles. The van der Waals surface area contributed by atoms with Crippen LogP contribution < -0.4 is 5.32 Å². The van der Waals surface area contributed by atoms with E-state index in [1.807, 2.05) is 54.6 Å². The Labute approximate surface area is 202 Å². The highest BCUT2D eigenvalue weighted by Gasteiger charge is 2.55. The second kappa shape index (κ2) is 9.97. The number of hydrogen-bond donors (Lipinski definition) is 1. The number of hydrogen-bond acceptors (Lipinski definition) is 2. The summed E-state index contributed by atoms with van der Waals surface area (Å²) in [6.07, 6.45) is 6.17. The number of carbonyl (C=O) groups excluding carboxylic acids is 2. The lowest BCUT2D eigenvalue weighted by Gasteiger charge is -2.28. The summed E-state index contributed by atoms with van der Waals surface area (Å²) >= 11 is 0. The molecular formula is C31H33NO2. The molecule has 3 atom stereocenters. The molecule has 0 aliphatic heterocycles. The van der Waals surface area contributed by atoms with Crippen LogP contribution in [-0.4, -0.2) is 17.7 Å². The summed E-state index contributed by atoms with van der Waals surface area (Å²) in [6.45, 7) is 2.11. The van der Waals surface area contributed by atoms with Crippen molar-refractivity contribution in [1.29, 1.82) is 0 Å². The second-order valence-corrected chi connectivity index (χ2v) is 10.0. The number of carbonyl (C=O) groups is 2. The van der Waals surface area contributed by atoms with E-state index in [1.165, 1.54) is 43.2 Å². The van der Waals surface area contributed by atoms with Gasteiger partial charge in [-0.25, -0.2) is 0 Å². The number of amides is 1. The van der Waals surface area contributed by atoms with Crippen LogP contribution in [0, 0.1) is 11.8 Å². The smallest absolute Gasteiger partial charge is 0.251 e. The molecule has 1 N–H and O–H groups in total. The number of Topliss-reactive ketones (excluding diaryl/α,β-unsaturated/α-hetero) is 1. The average molecular weight is 452 g/mol. The van der Waals surface area contributed by atoms with Gasteiger partial charge in [0.05, 0.1) is 0 Å². The fraction of sp³-hybridized carbons (Fsp3) is 0.355. The normalized spacial score (nSPS) is 23.1. The van der Waals surface area contributed by atoms with Crippen LogP contribution in [0.1, 0.15) is 82.7 Å². The Kier molecular flexibility index (Phi) is 6.62. The summed E-state index contributed by atoms with van der Waals surface area (Å²) in [5, 5.41) is 3.20. The van der Waals surface area contributed by atoms with Crippen LogP contribution in [0.2, 0.25) is 0 Å². The molecule has 174 valence electrons. The van der Waals surface area contributed by atoms with E-state index in [-0.39, 0.29) is 35.5 Å². The fourth-order valence-corrected chi connectivity index (χ4v) is 5.87. The van der Waals surface area contributed by atoms with Crippen LogP contribution in [0.15, 0.2) is 84.9 Å². The predicted molar refractivity (Wildman–Crippen MR) is 136 cm³/mol. The van der Waals surface area contributed by atoms with E-state index in [4.69, 9.17) is 0 Å². The minimum atomic E-state index is -0.107. The maximum absolute atomic E-state index is 13.7. The highest BCUT2D eigenvalue weighted by Crippen LogP contribution is 2.61. The molecule has 0 radical (unpaired) electrons. The van der Waals surface area contributed by atoms with Gasteiger partial charge in [0, 0.05) is 34.9 Å². The summed E-state index contributed by atoms with van der Waals surface area (Å²) in [4.78, 5) is 26.7. The molecule has 0 spiro atoms. The van der Waals surface area contributed by atoms with Crippen molar-refractivity contribution in [3.63, 3.8) is 0 Å². The van der Waals surface area contributed by atoms with Gasteiger partial charge in [-0.15, -0.1) is 0 Å². The van der Waals surface area contributed by atoms with Gasteiger partial charge in [-0.2, -0.15) is 0 Å². The molecular weight excluding hydrogens is 418 g/mol. The molecule has 0 bridgehead atoms. The van der Waals surface area contributed by atoms with Crippen LogP contribution >= 0.6 is 0 Å². The maximum Gasteiger partial charge on any atom is 0.251 e.